The van der Waals surface area contributed by atoms with E-state index in [0.29, 0.717) is 28.7 Å². The first kappa shape index (κ1) is 22.3. The number of rotatable bonds is 6. The van der Waals surface area contributed by atoms with E-state index >= 15 is 0 Å². The number of fused-ring (bicyclic) bond motifs is 1. The molecule has 0 amide bonds. The zero-order valence-electron chi connectivity index (χ0n) is 17.4. The van der Waals surface area contributed by atoms with E-state index in [1.807, 2.05) is 19.1 Å². The monoisotopic (exact) mass is 458 g/mol. The standard InChI is InChI=1S/C24H18F4N2O3/c1-14-2-9-20-21(10-14)30(12-16-3-6-17(25)11-19(16)24(26,27)28)22(29-20)13-33-18-7-4-15(5-8-18)23(31)32/h2-11H,12-13H2,1H3,(H,31,32). The van der Waals surface area contributed by atoms with Crippen molar-refractivity contribution in [1.82, 2.24) is 9.55 Å². The summed E-state index contributed by atoms with van der Waals surface area (Å²) in [6, 6.07) is 13.8. The minimum Gasteiger partial charge on any atom is -0.486 e. The average molecular weight is 458 g/mol. The number of carboxylic acid groups (broad SMARTS) is 1. The molecule has 170 valence electrons. The van der Waals surface area contributed by atoms with E-state index in [0.717, 1.165) is 17.7 Å². The molecule has 0 aliphatic heterocycles. The quantitative estimate of drug-likeness (QED) is 0.370. The molecule has 9 heteroatoms. The number of carbonyl (C=O) groups is 1. The third-order valence-electron chi connectivity index (χ3n) is 5.16. The van der Waals surface area contributed by atoms with Crippen LogP contribution in [-0.2, 0) is 19.3 Å². The third-order valence-corrected chi connectivity index (χ3v) is 5.16. The summed E-state index contributed by atoms with van der Waals surface area (Å²) in [6.07, 6.45) is -4.72. The lowest BCUT2D eigenvalue weighted by Crippen LogP contribution is -2.14. The molecule has 0 atom stereocenters. The van der Waals surface area contributed by atoms with Gasteiger partial charge < -0.3 is 14.4 Å². The maximum Gasteiger partial charge on any atom is 0.416 e. The van der Waals surface area contributed by atoms with Gasteiger partial charge in [-0.1, -0.05) is 12.1 Å². The Morgan fingerprint density at radius 3 is 2.45 bits per heavy atom. The Balaban J connectivity index is 1.71. The zero-order valence-corrected chi connectivity index (χ0v) is 17.4. The summed E-state index contributed by atoms with van der Waals surface area (Å²) < 4.78 is 61.5. The molecule has 0 fully saturated rings. The van der Waals surface area contributed by atoms with Crippen molar-refractivity contribution < 1.29 is 32.2 Å². The highest BCUT2D eigenvalue weighted by atomic mass is 19.4. The topological polar surface area (TPSA) is 64.3 Å². The number of alkyl halides is 3. The van der Waals surface area contributed by atoms with Gasteiger partial charge in [0.25, 0.3) is 0 Å². The number of aromatic nitrogens is 2. The Bertz CT molecular complexity index is 1330. The molecule has 0 radical (unpaired) electrons. The number of hydrogen-bond donors (Lipinski definition) is 1. The van der Waals surface area contributed by atoms with Crippen LogP contribution in [-0.4, -0.2) is 20.6 Å². The van der Waals surface area contributed by atoms with E-state index in [9.17, 15) is 22.4 Å². The van der Waals surface area contributed by atoms with Crippen LogP contribution in [0.2, 0.25) is 0 Å². The van der Waals surface area contributed by atoms with Gasteiger partial charge in [-0.25, -0.2) is 14.2 Å². The molecule has 1 N–H and O–H groups in total. The fourth-order valence-electron chi connectivity index (χ4n) is 3.53. The van der Waals surface area contributed by atoms with Gasteiger partial charge in [-0.3, -0.25) is 0 Å². The molecule has 3 aromatic carbocycles. The first-order chi connectivity index (χ1) is 15.6. The van der Waals surface area contributed by atoms with E-state index in [1.54, 1.807) is 10.6 Å². The molecule has 0 saturated carbocycles. The number of aromatic carboxylic acids is 1. The predicted molar refractivity (Wildman–Crippen MR) is 113 cm³/mol. The van der Waals surface area contributed by atoms with Crippen LogP contribution in [0.3, 0.4) is 0 Å². The minimum absolute atomic E-state index is 0.0668. The summed E-state index contributed by atoms with van der Waals surface area (Å²) in [4.78, 5) is 15.5. The fourth-order valence-corrected chi connectivity index (χ4v) is 3.53. The zero-order chi connectivity index (χ0) is 23.8. The third kappa shape index (κ3) is 4.82. The van der Waals surface area contributed by atoms with Crippen molar-refractivity contribution in [2.24, 2.45) is 0 Å². The molecule has 0 unspecified atom stereocenters. The first-order valence-electron chi connectivity index (χ1n) is 9.89. The van der Waals surface area contributed by atoms with E-state index in [-0.39, 0.29) is 24.3 Å². The maximum absolute atomic E-state index is 13.6. The number of aryl methyl sites for hydroxylation is 1. The molecule has 0 aliphatic rings. The Labute approximate surface area is 185 Å². The van der Waals surface area contributed by atoms with Crippen molar-refractivity contribution >= 4 is 17.0 Å². The van der Waals surface area contributed by atoms with Crippen LogP contribution >= 0.6 is 0 Å². The molecule has 4 aromatic rings. The number of hydrogen-bond acceptors (Lipinski definition) is 3. The normalized spacial score (nSPS) is 11.7. The molecule has 1 heterocycles. The van der Waals surface area contributed by atoms with Crippen LogP contribution < -0.4 is 4.74 Å². The molecule has 0 aliphatic carbocycles. The first-order valence-corrected chi connectivity index (χ1v) is 9.89. The van der Waals surface area contributed by atoms with Gasteiger partial charge in [-0.2, -0.15) is 13.2 Å². The van der Waals surface area contributed by atoms with Crippen LogP contribution in [0.4, 0.5) is 17.6 Å². The van der Waals surface area contributed by atoms with Gasteiger partial charge in [0.2, 0.25) is 0 Å². The average Bonchev–Trinajstić information content (AvgIpc) is 3.09. The molecule has 0 bridgehead atoms. The van der Waals surface area contributed by atoms with Crippen LogP contribution in [0, 0.1) is 12.7 Å². The lowest BCUT2D eigenvalue weighted by atomic mass is 10.1. The molecular formula is C24H18F4N2O3. The van der Waals surface area contributed by atoms with Gasteiger partial charge in [-0.15, -0.1) is 0 Å². The minimum atomic E-state index is -4.72. The van der Waals surface area contributed by atoms with Crippen LogP contribution in [0.5, 0.6) is 5.75 Å². The summed E-state index contributed by atoms with van der Waals surface area (Å²) in [5.74, 6) is -1.29. The molecule has 0 saturated heterocycles. The summed E-state index contributed by atoms with van der Waals surface area (Å²) in [5.41, 5.74) is 1.05. The summed E-state index contributed by atoms with van der Waals surface area (Å²) in [7, 11) is 0. The van der Waals surface area contributed by atoms with Gasteiger partial charge >= 0.3 is 12.1 Å². The van der Waals surface area contributed by atoms with Crippen molar-refractivity contribution in [1.29, 1.82) is 0 Å². The van der Waals surface area contributed by atoms with E-state index in [2.05, 4.69) is 4.98 Å². The molecule has 0 spiro atoms. The second-order valence-electron chi connectivity index (χ2n) is 7.52. The lowest BCUT2D eigenvalue weighted by Gasteiger charge is -2.16. The molecule has 4 rings (SSSR count). The smallest absolute Gasteiger partial charge is 0.416 e. The van der Waals surface area contributed by atoms with Gasteiger partial charge in [-0.05, 0) is 66.6 Å². The molecule has 1 aromatic heterocycles. The van der Waals surface area contributed by atoms with E-state index in [1.165, 1.54) is 24.3 Å². The van der Waals surface area contributed by atoms with Crippen molar-refractivity contribution in [2.45, 2.75) is 26.3 Å². The lowest BCUT2D eigenvalue weighted by molar-refractivity contribution is -0.138. The second-order valence-corrected chi connectivity index (χ2v) is 7.52. The van der Waals surface area contributed by atoms with Gasteiger partial charge in [0.1, 0.15) is 24.0 Å². The summed E-state index contributed by atoms with van der Waals surface area (Å²) in [5, 5.41) is 9.00. The number of imidazole rings is 1. The maximum atomic E-state index is 13.6. The Morgan fingerprint density at radius 1 is 1.06 bits per heavy atom. The van der Waals surface area contributed by atoms with Crippen LogP contribution in [0.25, 0.3) is 11.0 Å². The highest BCUT2D eigenvalue weighted by Crippen LogP contribution is 2.33. The number of benzene rings is 3. The molecule has 5 nitrogen and oxygen atoms in total. The highest BCUT2D eigenvalue weighted by molar-refractivity contribution is 5.87. The largest absolute Gasteiger partial charge is 0.486 e. The van der Waals surface area contributed by atoms with Crippen molar-refractivity contribution in [2.75, 3.05) is 0 Å². The SMILES string of the molecule is Cc1ccc2nc(COc3ccc(C(=O)O)cc3)n(Cc3ccc(F)cc3C(F)(F)F)c2c1. The molecular weight excluding hydrogens is 440 g/mol. The van der Waals surface area contributed by atoms with Crippen LogP contribution in [0.1, 0.15) is 32.9 Å². The highest BCUT2D eigenvalue weighted by Gasteiger charge is 2.34. The summed E-state index contributed by atoms with van der Waals surface area (Å²) in [6.45, 7) is 1.60. The number of nitrogens with zero attached hydrogens (tertiary/aromatic N) is 2. The summed E-state index contributed by atoms with van der Waals surface area (Å²) >= 11 is 0. The number of halogens is 4. The fraction of sp³-hybridized carbons (Fsp3) is 0.167. The van der Waals surface area contributed by atoms with Crippen LogP contribution in [0.15, 0.2) is 60.7 Å². The second kappa shape index (κ2) is 8.57. The Morgan fingerprint density at radius 2 is 1.79 bits per heavy atom. The van der Waals surface area contributed by atoms with Crippen molar-refractivity contribution in [3.05, 3.63) is 94.6 Å². The Hall–Kier alpha value is -3.88. The van der Waals surface area contributed by atoms with E-state index < -0.39 is 23.5 Å². The van der Waals surface area contributed by atoms with Gasteiger partial charge in [0.15, 0.2) is 0 Å². The van der Waals surface area contributed by atoms with E-state index in [4.69, 9.17) is 9.84 Å². The number of carboxylic acids is 1. The van der Waals surface area contributed by atoms with Crippen molar-refractivity contribution in [3.8, 4) is 5.75 Å². The van der Waals surface area contributed by atoms with Gasteiger partial charge in [0.05, 0.1) is 28.7 Å². The predicted octanol–water partition coefficient (Wildman–Crippen LogP) is 5.83. The van der Waals surface area contributed by atoms with Gasteiger partial charge in [0, 0.05) is 0 Å². The Kier molecular flexibility index (Phi) is 5.80. The molecule has 33 heavy (non-hydrogen) atoms. The van der Waals surface area contributed by atoms with Crippen molar-refractivity contribution in [3.63, 3.8) is 0 Å². The number of ether oxygens (including phenoxy) is 1.